The molecule has 1 aliphatic heterocycles. The van der Waals surface area contributed by atoms with Crippen molar-refractivity contribution >= 4 is 29.4 Å². The lowest BCUT2D eigenvalue weighted by atomic mass is 10.0. The molecule has 0 radical (unpaired) electrons. The molecule has 3 aromatic rings. The second-order valence-electron chi connectivity index (χ2n) is 9.82. The summed E-state index contributed by atoms with van der Waals surface area (Å²) >= 11 is 0. The smallest absolute Gasteiger partial charge is 0.251 e. The predicted molar refractivity (Wildman–Crippen MR) is 175 cm³/mol. The SMILES string of the molecule is CC.CNC(=O)/C(=C/c1cc(OC)cc(OC)c1)c1ccc(Oc2ccc(CCC(=O)NCC(=O)N3CCOCC3)cc2)cc1. The highest BCUT2D eigenvalue weighted by Crippen LogP contribution is 2.28. The van der Waals surface area contributed by atoms with E-state index in [4.69, 9.17) is 18.9 Å². The third-order valence-corrected chi connectivity index (χ3v) is 6.92. The van der Waals surface area contributed by atoms with E-state index < -0.39 is 0 Å². The van der Waals surface area contributed by atoms with Gasteiger partial charge in [-0.05, 0) is 65.6 Å². The molecule has 3 aromatic carbocycles. The first-order valence-electron chi connectivity index (χ1n) is 15.0. The summed E-state index contributed by atoms with van der Waals surface area (Å²) in [6.45, 7) is 6.17. The van der Waals surface area contributed by atoms with Gasteiger partial charge >= 0.3 is 0 Å². The molecule has 1 saturated heterocycles. The first-order chi connectivity index (χ1) is 21.9. The zero-order valence-electron chi connectivity index (χ0n) is 26.7. The summed E-state index contributed by atoms with van der Waals surface area (Å²) in [7, 11) is 4.74. The fraction of sp³-hybridized carbons (Fsp3) is 0.343. The number of carbonyl (C=O) groups is 3. The summed E-state index contributed by atoms with van der Waals surface area (Å²) in [5.41, 5.74) is 2.93. The van der Waals surface area contributed by atoms with Crippen molar-refractivity contribution in [3.63, 3.8) is 0 Å². The van der Waals surface area contributed by atoms with Gasteiger partial charge in [-0.2, -0.15) is 0 Å². The van der Waals surface area contributed by atoms with Crippen LogP contribution in [0.15, 0.2) is 66.7 Å². The number of likely N-dealkylation sites (N-methyl/N-ethyl adjacent to an activating group) is 1. The minimum atomic E-state index is -0.233. The molecular formula is C35H43N3O7. The second kappa shape index (κ2) is 18.1. The zero-order chi connectivity index (χ0) is 32.6. The van der Waals surface area contributed by atoms with Gasteiger partial charge < -0.3 is 34.5 Å². The van der Waals surface area contributed by atoms with Crippen molar-refractivity contribution in [1.29, 1.82) is 0 Å². The fourth-order valence-corrected chi connectivity index (χ4v) is 4.50. The number of methoxy groups -OCH3 is 2. The molecule has 10 heteroatoms. The molecule has 0 bridgehead atoms. The largest absolute Gasteiger partial charge is 0.497 e. The molecule has 0 saturated carbocycles. The second-order valence-corrected chi connectivity index (χ2v) is 9.82. The molecule has 0 aliphatic carbocycles. The number of ether oxygens (including phenoxy) is 4. The van der Waals surface area contributed by atoms with E-state index in [1.807, 2.05) is 62.4 Å². The molecule has 2 N–H and O–H groups in total. The molecule has 45 heavy (non-hydrogen) atoms. The van der Waals surface area contributed by atoms with Crippen LogP contribution in [0.4, 0.5) is 0 Å². The Balaban J connectivity index is 0.00000271. The summed E-state index contributed by atoms with van der Waals surface area (Å²) in [6.07, 6.45) is 2.60. The van der Waals surface area contributed by atoms with E-state index in [1.165, 1.54) is 0 Å². The normalized spacial score (nSPS) is 12.7. The highest BCUT2D eigenvalue weighted by molar-refractivity contribution is 6.24. The first-order valence-corrected chi connectivity index (χ1v) is 15.0. The maximum absolute atomic E-state index is 12.7. The topological polar surface area (TPSA) is 115 Å². The molecule has 4 rings (SSSR count). The number of benzene rings is 3. The average Bonchev–Trinajstić information content (AvgIpc) is 3.10. The number of aryl methyl sites for hydroxylation is 1. The third kappa shape index (κ3) is 10.7. The van der Waals surface area contributed by atoms with Crippen LogP contribution in [0.1, 0.15) is 37.0 Å². The maximum atomic E-state index is 12.7. The van der Waals surface area contributed by atoms with Gasteiger partial charge in [-0.1, -0.05) is 38.1 Å². The van der Waals surface area contributed by atoms with Crippen molar-refractivity contribution in [1.82, 2.24) is 15.5 Å². The molecule has 1 fully saturated rings. The van der Waals surface area contributed by atoms with E-state index in [1.54, 1.807) is 50.4 Å². The van der Waals surface area contributed by atoms with Crippen LogP contribution in [0.2, 0.25) is 0 Å². The molecule has 0 aromatic heterocycles. The minimum Gasteiger partial charge on any atom is -0.497 e. The molecule has 3 amide bonds. The highest BCUT2D eigenvalue weighted by atomic mass is 16.5. The Hall–Kier alpha value is -4.83. The summed E-state index contributed by atoms with van der Waals surface area (Å²) in [6, 6.07) is 20.2. The lowest BCUT2D eigenvalue weighted by molar-refractivity contribution is -0.136. The molecule has 240 valence electrons. The van der Waals surface area contributed by atoms with Gasteiger partial charge in [-0.25, -0.2) is 0 Å². The van der Waals surface area contributed by atoms with Gasteiger partial charge in [-0.15, -0.1) is 0 Å². The fourth-order valence-electron chi connectivity index (χ4n) is 4.50. The van der Waals surface area contributed by atoms with Gasteiger partial charge in [0.15, 0.2) is 0 Å². The van der Waals surface area contributed by atoms with Crippen LogP contribution in [-0.2, 0) is 25.5 Å². The summed E-state index contributed by atoms with van der Waals surface area (Å²) in [5, 5.41) is 5.40. The lowest BCUT2D eigenvalue weighted by Crippen LogP contribution is -2.45. The molecule has 0 atom stereocenters. The Bertz CT molecular complexity index is 1410. The summed E-state index contributed by atoms with van der Waals surface area (Å²) in [5.74, 6) is 2.00. The van der Waals surface area contributed by atoms with Gasteiger partial charge in [0.05, 0.1) is 34.0 Å². The van der Waals surface area contributed by atoms with Gasteiger partial charge in [-0.3, -0.25) is 14.4 Å². The number of nitrogens with zero attached hydrogens (tertiary/aromatic N) is 1. The van der Waals surface area contributed by atoms with E-state index in [9.17, 15) is 14.4 Å². The highest BCUT2D eigenvalue weighted by Gasteiger charge is 2.17. The lowest BCUT2D eigenvalue weighted by Gasteiger charge is -2.26. The third-order valence-electron chi connectivity index (χ3n) is 6.92. The van der Waals surface area contributed by atoms with Crippen molar-refractivity contribution < 1.29 is 33.3 Å². The summed E-state index contributed by atoms with van der Waals surface area (Å²) in [4.78, 5) is 38.9. The van der Waals surface area contributed by atoms with Crippen molar-refractivity contribution in [2.24, 2.45) is 0 Å². The van der Waals surface area contributed by atoms with Crippen molar-refractivity contribution in [2.75, 3.05) is 54.1 Å². The predicted octanol–water partition coefficient (Wildman–Crippen LogP) is 4.72. The number of hydrogen-bond donors (Lipinski definition) is 2. The van der Waals surface area contributed by atoms with Gasteiger partial charge in [0.25, 0.3) is 5.91 Å². The van der Waals surface area contributed by atoms with Crippen LogP contribution in [0.25, 0.3) is 11.6 Å². The number of rotatable bonds is 12. The number of amides is 3. The van der Waals surface area contributed by atoms with Crippen molar-refractivity contribution in [3.05, 3.63) is 83.4 Å². The van der Waals surface area contributed by atoms with Crippen LogP contribution in [-0.4, -0.2) is 76.7 Å². The number of morpholine rings is 1. The quantitative estimate of drug-likeness (QED) is 0.223. The van der Waals surface area contributed by atoms with Crippen LogP contribution in [0, 0.1) is 0 Å². The standard InChI is InChI=1S/C33H37N3O7.C2H6/c1-34-33(39)30(20-24-18-28(40-2)21-29(19-24)41-3)25-7-11-27(12-8-25)43-26-9-4-23(5-10-26)6-13-31(37)35-22-32(38)36-14-16-42-17-15-36;1-2/h4-5,7-12,18-21H,6,13-17,22H2,1-3H3,(H,34,39)(H,35,37);1-2H3/b30-20+;. The Morgan fingerprint density at radius 1 is 0.844 bits per heavy atom. The van der Waals surface area contributed by atoms with Crippen LogP contribution < -0.4 is 24.8 Å². The maximum Gasteiger partial charge on any atom is 0.251 e. The number of carbonyl (C=O) groups excluding carboxylic acids is 3. The molecule has 10 nitrogen and oxygen atoms in total. The van der Waals surface area contributed by atoms with Crippen molar-refractivity contribution in [3.8, 4) is 23.0 Å². The van der Waals surface area contributed by atoms with Gasteiger partial charge in [0.1, 0.15) is 23.0 Å². The van der Waals surface area contributed by atoms with Gasteiger partial charge in [0.2, 0.25) is 11.8 Å². The average molecular weight is 618 g/mol. The Labute approximate surface area is 265 Å². The molecule has 1 aliphatic rings. The van der Waals surface area contributed by atoms with E-state index in [-0.39, 0.29) is 30.7 Å². The number of nitrogens with one attached hydrogen (secondary N) is 2. The molecule has 0 unspecified atom stereocenters. The van der Waals surface area contributed by atoms with Gasteiger partial charge in [0, 0.05) is 38.2 Å². The minimum absolute atomic E-state index is 0.000549. The van der Waals surface area contributed by atoms with Crippen molar-refractivity contribution in [2.45, 2.75) is 26.7 Å². The zero-order valence-corrected chi connectivity index (χ0v) is 26.7. The Kier molecular flexibility index (Phi) is 13.9. The molecular weight excluding hydrogens is 574 g/mol. The van der Waals surface area contributed by atoms with Crippen LogP contribution in [0.5, 0.6) is 23.0 Å². The Morgan fingerprint density at radius 2 is 1.42 bits per heavy atom. The Morgan fingerprint density at radius 3 is 1.98 bits per heavy atom. The van der Waals surface area contributed by atoms with Crippen LogP contribution in [0.3, 0.4) is 0 Å². The van der Waals surface area contributed by atoms with E-state index in [2.05, 4.69) is 10.6 Å². The van der Waals surface area contributed by atoms with E-state index in [0.29, 0.717) is 66.9 Å². The summed E-state index contributed by atoms with van der Waals surface area (Å²) < 4.78 is 22.0. The molecule has 0 spiro atoms. The number of hydrogen-bond acceptors (Lipinski definition) is 7. The van der Waals surface area contributed by atoms with E-state index in [0.717, 1.165) is 11.1 Å². The van der Waals surface area contributed by atoms with E-state index >= 15 is 0 Å². The first kappa shape index (κ1) is 34.7. The monoisotopic (exact) mass is 617 g/mol. The molecule has 1 heterocycles. The van der Waals surface area contributed by atoms with Crippen LogP contribution >= 0.6 is 0 Å².